The third kappa shape index (κ3) is 0.952. The van der Waals surface area contributed by atoms with E-state index >= 15 is 0 Å². The van der Waals surface area contributed by atoms with Crippen molar-refractivity contribution in [2.75, 3.05) is 0 Å². The molecule has 2 nitrogen and oxygen atoms in total. The molecule has 0 fully saturated rings. The van der Waals surface area contributed by atoms with Crippen LogP contribution in [0.1, 0.15) is 5.01 Å². The molecule has 0 spiro atoms. The third-order valence-electron chi connectivity index (χ3n) is 0.972. The van der Waals surface area contributed by atoms with Crippen LogP contribution >= 0.6 is 23.6 Å². The van der Waals surface area contributed by atoms with Crippen molar-refractivity contribution in [3.63, 3.8) is 0 Å². The highest BCUT2D eigenvalue weighted by molar-refractivity contribution is 7.73. The summed E-state index contributed by atoms with van der Waals surface area (Å²) in [6, 6.07) is 0. The molecule has 1 aromatic rings. The lowest BCUT2D eigenvalue weighted by molar-refractivity contribution is -0.731. The van der Waals surface area contributed by atoms with Crippen LogP contribution < -0.4 is 4.68 Å². The molecule has 0 aliphatic rings. The Kier molecular flexibility index (Phi) is 1.44. The summed E-state index contributed by atoms with van der Waals surface area (Å²) < 4.78 is 2.75. The Hall–Kier alpha value is -0.220. The van der Waals surface area contributed by atoms with Crippen LogP contribution in [0.5, 0.6) is 0 Å². The van der Waals surface area contributed by atoms with E-state index in [0.29, 0.717) is 0 Å². The van der Waals surface area contributed by atoms with E-state index in [1.165, 1.54) is 5.01 Å². The van der Waals surface area contributed by atoms with Gasteiger partial charge in [0.15, 0.2) is 7.05 Å². The predicted octanol–water partition coefficient (Wildman–Crippen LogP) is 0.939. The first kappa shape index (κ1) is 5.91. The Labute approximate surface area is 56.8 Å². The van der Waals surface area contributed by atoms with Gasteiger partial charge in [0, 0.05) is 6.92 Å². The molecule has 0 saturated carbocycles. The van der Waals surface area contributed by atoms with Crippen molar-refractivity contribution >= 4 is 23.6 Å². The topological polar surface area (TPSA) is 19.7 Å². The van der Waals surface area contributed by atoms with Crippen LogP contribution in [0.15, 0.2) is 0 Å². The fraction of sp³-hybridized carbons (Fsp3) is 0.500. The molecule has 0 saturated heterocycles. The van der Waals surface area contributed by atoms with Gasteiger partial charge in [0.05, 0.1) is 0 Å². The second kappa shape index (κ2) is 1.95. The smallest absolute Gasteiger partial charge is 0.144 e. The molecular formula is C4H7N2S2+. The van der Waals surface area contributed by atoms with Gasteiger partial charge in [-0.1, -0.05) is 0 Å². The summed E-state index contributed by atoms with van der Waals surface area (Å²) in [5.74, 6) is 0. The highest BCUT2D eigenvalue weighted by Crippen LogP contribution is 1.97. The number of H-pyrrole nitrogens is 1. The summed E-state index contributed by atoms with van der Waals surface area (Å²) in [7, 11) is 1.95. The van der Waals surface area contributed by atoms with E-state index in [1.807, 2.05) is 18.7 Å². The largest absolute Gasteiger partial charge is 0.260 e. The van der Waals surface area contributed by atoms with E-state index in [0.717, 1.165) is 3.95 Å². The number of aromatic amines is 1. The molecule has 1 heterocycles. The highest BCUT2D eigenvalue weighted by atomic mass is 32.1. The number of aromatic nitrogens is 2. The molecule has 0 amide bonds. The third-order valence-corrected chi connectivity index (χ3v) is 2.16. The maximum absolute atomic E-state index is 4.86. The zero-order valence-corrected chi connectivity index (χ0v) is 6.40. The van der Waals surface area contributed by atoms with E-state index in [4.69, 9.17) is 12.2 Å². The number of aryl methyl sites for hydroxylation is 2. The molecule has 0 aliphatic heterocycles. The summed E-state index contributed by atoms with van der Waals surface area (Å²) in [4.78, 5) is 0. The van der Waals surface area contributed by atoms with Crippen molar-refractivity contribution in [2.24, 2.45) is 7.05 Å². The first-order valence-electron chi connectivity index (χ1n) is 2.26. The van der Waals surface area contributed by atoms with Gasteiger partial charge in [-0.2, -0.15) is 0 Å². The van der Waals surface area contributed by atoms with E-state index < -0.39 is 0 Å². The molecule has 0 aliphatic carbocycles. The van der Waals surface area contributed by atoms with Crippen LogP contribution in [0.4, 0.5) is 0 Å². The van der Waals surface area contributed by atoms with Crippen LogP contribution in [0, 0.1) is 10.9 Å². The molecule has 1 N–H and O–H groups in total. The van der Waals surface area contributed by atoms with Gasteiger partial charge in [-0.3, -0.25) is 0 Å². The minimum absolute atomic E-state index is 0.838. The van der Waals surface area contributed by atoms with Crippen molar-refractivity contribution in [3.8, 4) is 0 Å². The second-order valence-electron chi connectivity index (χ2n) is 1.58. The van der Waals surface area contributed by atoms with Crippen molar-refractivity contribution in [3.05, 3.63) is 8.96 Å². The number of rotatable bonds is 0. The summed E-state index contributed by atoms with van der Waals surface area (Å²) in [6.07, 6.45) is 0. The van der Waals surface area contributed by atoms with Crippen molar-refractivity contribution in [1.29, 1.82) is 0 Å². The summed E-state index contributed by atoms with van der Waals surface area (Å²) in [5, 5.41) is 4.16. The number of hydrogen-bond acceptors (Lipinski definition) is 2. The first-order valence-corrected chi connectivity index (χ1v) is 3.48. The van der Waals surface area contributed by atoms with Gasteiger partial charge >= 0.3 is 0 Å². The summed E-state index contributed by atoms with van der Waals surface area (Å²) in [5.41, 5.74) is 0. The van der Waals surface area contributed by atoms with Gasteiger partial charge in [0.1, 0.15) is 0 Å². The standard InChI is InChI=1S/C4H6N2S2/c1-3-6(2)5-4(7)8-3/h1-2H3/p+1. The van der Waals surface area contributed by atoms with Gasteiger partial charge in [0.2, 0.25) is 3.95 Å². The molecule has 4 heteroatoms. The van der Waals surface area contributed by atoms with E-state index in [9.17, 15) is 0 Å². The maximum Gasteiger partial charge on any atom is 0.260 e. The number of nitrogens with one attached hydrogen (secondary N) is 1. The summed E-state index contributed by atoms with van der Waals surface area (Å²) >= 11 is 6.45. The molecular weight excluding hydrogens is 140 g/mol. The van der Waals surface area contributed by atoms with Crippen molar-refractivity contribution in [1.82, 2.24) is 5.10 Å². The zero-order chi connectivity index (χ0) is 6.15. The Morgan fingerprint density at radius 1 is 1.75 bits per heavy atom. The Morgan fingerprint density at radius 2 is 2.38 bits per heavy atom. The van der Waals surface area contributed by atoms with Gasteiger partial charge in [-0.15, -0.1) is 9.78 Å². The van der Waals surface area contributed by atoms with Gasteiger partial charge < -0.3 is 0 Å². The predicted molar refractivity (Wildman–Crippen MR) is 35.4 cm³/mol. The van der Waals surface area contributed by atoms with Crippen LogP contribution in [-0.4, -0.2) is 5.10 Å². The zero-order valence-electron chi connectivity index (χ0n) is 4.76. The number of nitrogens with zero attached hydrogens (tertiary/aromatic N) is 1. The Morgan fingerprint density at radius 3 is 2.50 bits per heavy atom. The molecule has 1 aromatic heterocycles. The average Bonchev–Trinajstić information content (AvgIpc) is 1.85. The van der Waals surface area contributed by atoms with Crippen LogP contribution in [0.2, 0.25) is 0 Å². The highest BCUT2D eigenvalue weighted by Gasteiger charge is 2.00. The quantitative estimate of drug-likeness (QED) is 0.427. The van der Waals surface area contributed by atoms with Crippen molar-refractivity contribution < 1.29 is 4.68 Å². The fourth-order valence-corrected chi connectivity index (χ4v) is 1.57. The van der Waals surface area contributed by atoms with E-state index in [1.54, 1.807) is 11.3 Å². The molecule has 8 heavy (non-hydrogen) atoms. The SMILES string of the molecule is Cc1sc(=S)[nH][n+]1C. The lowest BCUT2D eigenvalue weighted by Crippen LogP contribution is -2.31. The van der Waals surface area contributed by atoms with Gasteiger partial charge in [-0.25, -0.2) is 0 Å². The van der Waals surface area contributed by atoms with Gasteiger partial charge in [0.25, 0.3) is 5.01 Å². The molecule has 0 unspecified atom stereocenters. The monoisotopic (exact) mass is 147 g/mol. The number of hydrogen-bond donors (Lipinski definition) is 1. The fourth-order valence-electron chi connectivity index (χ4n) is 0.441. The van der Waals surface area contributed by atoms with E-state index in [2.05, 4.69) is 5.10 Å². The van der Waals surface area contributed by atoms with Crippen LogP contribution in [-0.2, 0) is 7.05 Å². The summed E-state index contributed by atoms with van der Waals surface area (Å²) in [6.45, 7) is 2.02. The lowest BCUT2D eigenvalue weighted by Gasteiger charge is -1.72. The molecule has 0 aromatic carbocycles. The molecule has 1 rings (SSSR count). The molecule has 0 bridgehead atoms. The molecule has 44 valence electrons. The molecule has 0 atom stereocenters. The van der Waals surface area contributed by atoms with Crippen LogP contribution in [0.25, 0.3) is 0 Å². The minimum atomic E-state index is 0.838. The first-order chi connectivity index (χ1) is 3.70. The normalized spacial score (nSPS) is 9.75. The van der Waals surface area contributed by atoms with Crippen molar-refractivity contribution in [2.45, 2.75) is 6.92 Å². The Balaban J connectivity index is 3.35. The van der Waals surface area contributed by atoms with Crippen LogP contribution in [0.3, 0.4) is 0 Å². The minimum Gasteiger partial charge on any atom is -0.144 e. The Bertz CT molecular complexity index is 212. The van der Waals surface area contributed by atoms with E-state index in [-0.39, 0.29) is 0 Å². The average molecular weight is 147 g/mol. The second-order valence-corrected chi connectivity index (χ2v) is 3.45. The lowest BCUT2D eigenvalue weighted by atomic mass is 10.8. The maximum atomic E-state index is 4.86. The van der Waals surface area contributed by atoms with Gasteiger partial charge in [-0.05, 0) is 23.6 Å². The molecule has 0 radical (unpaired) electrons.